The number of thiazole rings is 1. The molecule has 0 bridgehead atoms. The van der Waals surface area contributed by atoms with E-state index >= 15 is 0 Å². The Bertz CT molecular complexity index is 1150. The number of fused-ring (bicyclic) bond motifs is 2. The van der Waals surface area contributed by atoms with Gasteiger partial charge in [-0.15, -0.1) is 11.3 Å². The van der Waals surface area contributed by atoms with Crippen LogP contribution >= 0.6 is 11.3 Å². The lowest BCUT2D eigenvalue weighted by atomic mass is 9.47. The van der Waals surface area contributed by atoms with Gasteiger partial charge in [-0.2, -0.15) is 0 Å². The highest BCUT2D eigenvalue weighted by Crippen LogP contribution is 2.63. The lowest BCUT2D eigenvalue weighted by Crippen LogP contribution is -2.58. The minimum atomic E-state index is -0.650. The van der Waals surface area contributed by atoms with Crippen molar-refractivity contribution in [3.63, 3.8) is 0 Å². The first kappa shape index (κ1) is 26.1. The Labute approximate surface area is 222 Å². The second kappa shape index (κ2) is 10.0. The average Bonchev–Trinajstić information content (AvgIpc) is 3.30. The van der Waals surface area contributed by atoms with Crippen LogP contribution in [0.25, 0.3) is 0 Å². The molecule has 200 valence electrons. The lowest BCUT2D eigenvalue weighted by molar-refractivity contribution is -0.148. The molecule has 8 nitrogen and oxygen atoms in total. The fraction of sp³-hybridized carbons (Fsp3) is 0.607. The number of primary amides is 1. The number of likely N-dealkylation sites (tertiary alicyclic amines) is 1. The smallest absolute Gasteiger partial charge is 0.223 e. The van der Waals surface area contributed by atoms with Crippen LogP contribution in [0.5, 0.6) is 0 Å². The van der Waals surface area contributed by atoms with Crippen LogP contribution in [0, 0.1) is 22.7 Å². The number of piperidine rings is 1. The molecule has 5 rings (SSSR count). The molecule has 1 aromatic heterocycles. The van der Waals surface area contributed by atoms with E-state index in [1.54, 1.807) is 11.3 Å². The number of carbonyl (C=O) groups excluding carboxylic acids is 2. The summed E-state index contributed by atoms with van der Waals surface area (Å²) < 4.78 is 0. The third kappa shape index (κ3) is 4.66. The molecule has 5 atom stereocenters. The Balaban J connectivity index is 1.47. The van der Waals surface area contributed by atoms with Crippen LogP contribution in [0.2, 0.25) is 0 Å². The van der Waals surface area contributed by atoms with Gasteiger partial charge in [-0.05, 0) is 55.6 Å². The Morgan fingerprint density at radius 3 is 2.54 bits per heavy atom. The Morgan fingerprint density at radius 1 is 1.19 bits per heavy atom. The summed E-state index contributed by atoms with van der Waals surface area (Å²) in [6.07, 6.45) is 3.04. The van der Waals surface area contributed by atoms with Crippen LogP contribution in [0.15, 0.2) is 30.3 Å². The number of aromatic nitrogens is 1. The molecule has 2 aromatic rings. The van der Waals surface area contributed by atoms with Crippen LogP contribution < -0.4 is 11.1 Å². The number of para-hydroxylation sites is 1. The maximum absolute atomic E-state index is 13.6. The molecule has 0 spiro atoms. The van der Waals surface area contributed by atoms with E-state index in [1.807, 2.05) is 42.2 Å². The maximum atomic E-state index is 13.6. The number of aliphatic hydroxyl groups excluding tert-OH is 2. The lowest BCUT2D eigenvalue weighted by Gasteiger charge is -2.58. The number of hydrogen-bond donors (Lipinski definition) is 4. The zero-order valence-corrected chi connectivity index (χ0v) is 22.5. The summed E-state index contributed by atoms with van der Waals surface area (Å²) in [4.78, 5) is 33.3. The molecule has 1 saturated carbocycles. The van der Waals surface area contributed by atoms with Gasteiger partial charge in [-0.3, -0.25) is 9.59 Å². The summed E-state index contributed by atoms with van der Waals surface area (Å²) in [6.45, 7) is 5.19. The van der Waals surface area contributed by atoms with E-state index in [9.17, 15) is 19.8 Å². The predicted molar refractivity (Wildman–Crippen MR) is 143 cm³/mol. The van der Waals surface area contributed by atoms with E-state index in [0.29, 0.717) is 38.8 Å². The predicted octanol–water partition coefficient (Wildman–Crippen LogP) is 3.42. The molecule has 1 aliphatic heterocycles. The normalized spacial score (nSPS) is 31.9. The van der Waals surface area contributed by atoms with Crippen molar-refractivity contribution in [3.05, 3.63) is 40.9 Å². The number of nitrogens with zero attached hydrogens (tertiary/aromatic N) is 2. The van der Waals surface area contributed by atoms with Gasteiger partial charge >= 0.3 is 0 Å². The van der Waals surface area contributed by atoms with Crippen LogP contribution in [0.1, 0.15) is 62.4 Å². The van der Waals surface area contributed by atoms with Gasteiger partial charge in [0.1, 0.15) is 0 Å². The van der Waals surface area contributed by atoms with Crippen molar-refractivity contribution >= 4 is 34.0 Å². The number of nitrogens with one attached hydrogen (secondary N) is 1. The van der Waals surface area contributed by atoms with E-state index in [4.69, 9.17) is 10.7 Å². The first-order valence-electron chi connectivity index (χ1n) is 13.3. The molecular weight excluding hydrogens is 488 g/mol. The third-order valence-corrected chi connectivity index (χ3v) is 10.6. The monoisotopic (exact) mass is 526 g/mol. The number of carbonyl (C=O) groups is 2. The molecule has 2 fully saturated rings. The number of nitrogens with two attached hydrogens (primary N) is 1. The van der Waals surface area contributed by atoms with Crippen molar-refractivity contribution in [2.24, 2.45) is 28.4 Å². The molecule has 5 N–H and O–H groups in total. The van der Waals surface area contributed by atoms with E-state index < -0.39 is 11.5 Å². The quantitative estimate of drug-likeness (QED) is 0.457. The second-order valence-corrected chi connectivity index (χ2v) is 12.7. The number of benzene rings is 1. The topological polar surface area (TPSA) is 129 Å². The minimum absolute atomic E-state index is 0.0182. The molecular formula is C28H38N4O4S. The van der Waals surface area contributed by atoms with Gasteiger partial charge in [-0.25, -0.2) is 4.98 Å². The standard InChI is InChI=1S/C28H38N4O4S/c1-27-11-8-22(34)28(2,16-33)21(27)15-20-24(31-26(37-20)30-18-6-4-3-5-7-18)19(27)14-23(35)32-12-9-17(10-13-32)25(29)36/h3-7,17,19,21-22,33-34H,8-16H2,1-2H3,(H2,29,36)(H,30,31). The van der Waals surface area contributed by atoms with Crippen LogP contribution in [0.4, 0.5) is 10.8 Å². The first-order chi connectivity index (χ1) is 17.7. The summed E-state index contributed by atoms with van der Waals surface area (Å²) in [5.74, 6) is -0.483. The van der Waals surface area contributed by atoms with Gasteiger partial charge in [0.15, 0.2) is 5.13 Å². The van der Waals surface area contributed by atoms with Gasteiger partial charge in [0, 0.05) is 47.3 Å². The van der Waals surface area contributed by atoms with E-state index in [1.165, 1.54) is 0 Å². The first-order valence-corrected chi connectivity index (χ1v) is 14.1. The van der Waals surface area contributed by atoms with Crippen molar-refractivity contribution in [2.45, 2.75) is 64.4 Å². The third-order valence-electron chi connectivity index (χ3n) is 9.55. The SMILES string of the molecule is CC1(CO)C(O)CCC2(C)C(CC(=O)N3CCC(C(N)=O)CC3)c3nc(Nc4ccccc4)sc3CC12. The van der Waals surface area contributed by atoms with Crippen LogP contribution in [-0.2, 0) is 16.0 Å². The van der Waals surface area contributed by atoms with Gasteiger partial charge in [0.2, 0.25) is 11.8 Å². The highest BCUT2D eigenvalue weighted by molar-refractivity contribution is 7.15. The highest BCUT2D eigenvalue weighted by Gasteiger charge is 2.59. The van der Waals surface area contributed by atoms with Crippen molar-refractivity contribution in [1.82, 2.24) is 9.88 Å². The van der Waals surface area contributed by atoms with Crippen molar-refractivity contribution < 1.29 is 19.8 Å². The molecule has 3 aliphatic rings. The summed E-state index contributed by atoms with van der Waals surface area (Å²) in [5.41, 5.74) is 6.48. The number of hydrogen-bond acceptors (Lipinski definition) is 7. The molecule has 1 saturated heterocycles. The van der Waals surface area contributed by atoms with Crippen LogP contribution in [0.3, 0.4) is 0 Å². The van der Waals surface area contributed by atoms with Crippen LogP contribution in [-0.4, -0.2) is 57.7 Å². The molecule has 2 amide bonds. The summed E-state index contributed by atoms with van der Waals surface area (Å²) in [6, 6.07) is 9.91. The number of amides is 2. The van der Waals surface area contributed by atoms with E-state index in [2.05, 4.69) is 12.2 Å². The van der Waals surface area contributed by atoms with E-state index in [0.717, 1.165) is 34.2 Å². The molecule has 0 radical (unpaired) electrons. The maximum Gasteiger partial charge on any atom is 0.223 e. The average molecular weight is 527 g/mol. The van der Waals surface area contributed by atoms with Gasteiger partial charge in [-0.1, -0.05) is 32.0 Å². The minimum Gasteiger partial charge on any atom is -0.396 e. The summed E-state index contributed by atoms with van der Waals surface area (Å²) >= 11 is 1.61. The molecule has 1 aromatic carbocycles. The summed E-state index contributed by atoms with van der Waals surface area (Å²) in [5, 5.41) is 25.7. The van der Waals surface area contributed by atoms with E-state index in [-0.39, 0.29) is 41.6 Å². The fourth-order valence-corrected chi connectivity index (χ4v) is 8.15. The Morgan fingerprint density at radius 2 is 1.89 bits per heavy atom. The van der Waals surface area contributed by atoms with Crippen molar-refractivity contribution in [3.8, 4) is 0 Å². The van der Waals surface area contributed by atoms with Crippen molar-refractivity contribution in [2.75, 3.05) is 25.0 Å². The van der Waals surface area contributed by atoms with Gasteiger partial charge in [0.05, 0.1) is 18.4 Å². The Kier molecular flexibility index (Phi) is 7.06. The second-order valence-electron chi connectivity index (χ2n) is 11.6. The number of anilines is 2. The van der Waals surface area contributed by atoms with Gasteiger partial charge in [0.25, 0.3) is 0 Å². The fourth-order valence-electron chi connectivity index (χ4n) is 7.06. The molecule has 9 heteroatoms. The molecule has 2 aliphatic carbocycles. The van der Waals surface area contributed by atoms with Gasteiger partial charge < -0.3 is 26.2 Å². The number of aliphatic hydroxyl groups is 2. The summed E-state index contributed by atoms with van der Waals surface area (Å²) in [7, 11) is 0. The zero-order chi connectivity index (χ0) is 26.4. The number of rotatable bonds is 6. The zero-order valence-electron chi connectivity index (χ0n) is 21.7. The molecule has 37 heavy (non-hydrogen) atoms. The van der Waals surface area contributed by atoms with Crippen molar-refractivity contribution in [1.29, 1.82) is 0 Å². The Hall–Kier alpha value is -2.49. The highest BCUT2D eigenvalue weighted by atomic mass is 32.1. The largest absolute Gasteiger partial charge is 0.396 e. The molecule has 5 unspecified atom stereocenters. The molecule has 2 heterocycles.